The minimum Gasteiger partial charge on any atom is -0.388 e. The molecule has 0 aliphatic heterocycles. The number of hydrogen-bond acceptors (Lipinski definition) is 2. The van der Waals surface area contributed by atoms with Crippen LogP contribution in [0.3, 0.4) is 0 Å². The molecule has 0 aromatic heterocycles. The van der Waals surface area contributed by atoms with Crippen molar-refractivity contribution in [2.24, 2.45) is 4.99 Å². The van der Waals surface area contributed by atoms with E-state index in [2.05, 4.69) is 53.7 Å². The van der Waals surface area contributed by atoms with Crippen LogP contribution in [0.25, 0.3) is 0 Å². The summed E-state index contributed by atoms with van der Waals surface area (Å²) in [5.41, 5.74) is 0.756. The van der Waals surface area contributed by atoms with E-state index in [0.717, 1.165) is 38.3 Å². The highest BCUT2D eigenvalue weighted by Gasteiger charge is 2.34. The molecule has 0 radical (unpaired) electrons. The third-order valence-electron chi connectivity index (χ3n) is 4.10. The largest absolute Gasteiger partial charge is 0.388 e. The smallest absolute Gasteiger partial charge is 0.191 e. The minimum atomic E-state index is -0.562. The molecule has 0 spiro atoms. The fourth-order valence-corrected chi connectivity index (χ4v) is 2.46. The molecular weight excluding hydrogens is 389 g/mol. The van der Waals surface area contributed by atoms with E-state index < -0.39 is 5.60 Å². The van der Waals surface area contributed by atoms with Crippen LogP contribution in [-0.4, -0.2) is 36.3 Å². The van der Waals surface area contributed by atoms with Crippen LogP contribution in [0.1, 0.15) is 44.6 Å². The van der Waals surface area contributed by atoms with Gasteiger partial charge in [0, 0.05) is 13.1 Å². The van der Waals surface area contributed by atoms with Crippen molar-refractivity contribution in [3.05, 3.63) is 35.9 Å². The number of benzene rings is 1. The van der Waals surface area contributed by atoms with Crippen LogP contribution in [0.5, 0.6) is 0 Å². The van der Waals surface area contributed by atoms with Gasteiger partial charge >= 0.3 is 0 Å². The van der Waals surface area contributed by atoms with Gasteiger partial charge in [0.1, 0.15) is 0 Å². The summed E-state index contributed by atoms with van der Waals surface area (Å²) in [5, 5.41) is 16.7. The van der Waals surface area contributed by atoms with E-state index in [4.69, 9.17) is 0 Å². The van der Waals surface area contributed by atoms with Crippen molar-refractivity contribution in [1.29, 1.82) is 0 Å². The Bertz CT molecular complexity index is 460. The second-order valence-corrected chi connectivity index (χ2v) is 5.97. The predicted molar refractivity (Wildman–Crippen MR) is 103 cm³/mol. The fraction of sp³-hybridized carbons (Fsp3) is 0.588. The first-order valence-corrected chi connectivity index (χ1v) is 7.92. The van der Waals surface area contributed by atoms with E-state index in [1.807, 2.05) is 6.07 Å². The van der Waals surface area contributed by atoms with E-state index >= 15 is 0 Å². The molecule has 1 aliphatic rings. The molecule has 1 aliphatic carbocycles. The Hall–Kier alpha value is -0.820. The van der Waals surface area contributed by atoms with Crippen LogP contribution in [0.15, 0.2) is 35.3 Å². The fourth-order valence-electron chi connectivity index (χ4n) is 2.46. The highest BCUT2D eigenvalue weighted by atomic mass is 127. The maximum absolute atomic E-state index is 10.1. The van der Waals surface area contributed by atoms with E-state index in [1.54, 1.807) is 0 Å². The van der Waals surface area contributed by atoms with Crippen molar-refractivity contribution < 1.29 is 5.11 Å². The van der Waals surface area contributed by atoms with Crippen LogP contribution in [0.2, 0.25) is 0 Å². The van der Waals surface area contributed by atoms with Gasteiger partial charge in [0.2, 0.25) is 0 Å². The van der Waals surface area contributed by atoms with Gasteiger partial charge in [0.05, 0.1) is 12.1 Å². The highest BCUT2D eigenvalue weighted by molar-refractivity contribution is 14.0. The zero-order valence-electron chi connectivity index (χ0n) is 13.5. The average molecular weight is 417 g/mol. The Kier molecular flexibility index (Phi) is 8.17. The molecule has 5 heteroatoms. The lowest BCUT2D eigenvalue weighted by Crippen LogP contribution is -2.43. The Morgan fingerprint density at radius 1 is 1.27 bits per heavy atom. The first-order chi connectivity index (χ1) is 10.1. The highest BCUT2D eigenvalue weighted by Crippen LogP contribution is 2.31. The number of nitrogens with one attached hydrogen (secondary N) is 2. The summed E-state index contributed by atoms with van der Waals surface area (Å²) in [5.74, 6) is 1.21. The molecule has 0 bridgehead atoms. The number of halogens is 1. The van der Waals surface area contributed by atoms with E-state index in [1.165, 1.54) is 5.56 Å². The molecule has 1 atom stereocenters. The summed E-state index contributed by atoms with van der Waals surface area (Å²) >= 11 is 0. The van der Waals surface area contributed by atoms with Gasteiger partial charge in [-0.3, -0.25) is 4.99 Å². The second kappa shape index (κ2) is 9.35. The zero-order chi connectivity index (χ0) is 15.1. The maximum Gasteiger partial charge on any atom is 0.191 e. The van der Waals surface area contributed by atoms with Gasteiger partial charge in [-0.1, -0.05) is 37.3 Å². The minimum absolute atomic E-state index is 0. The van der Waals surface area contributed by atoms with Gasteiger partial charge in [0.15, 0.2) is 5.96 Å². The van der Waals surface area contributed by atoms with Crippen LogP contribution in [0.4, 0.5) is 0 Å². The lowest BCUT2D eigenvalue weighted by Gasteiger charge is -2.35. The zero-order valence-corrected chi connectivity index (χ0v) is 15.8. The van der Waals surface area contributed by atoms with Crippen LogP contribution in [0, 0.1) is 0 Å². The molecule has 1 fully saturated rings. The number of hydrogen-bond donors (Lipinski definition) is 3. The van der Waals surface area contributed by atoms with Gasteiger partial charge in [-0.15, -0.1) is 24.0 Å². The molecule has 1 unspecified atom stereocenters. The Morgan fingerprint density at radius 3 is 2.50 bits per heavy atom. The van der Waals surface area contributed by atoms with E-state index in [-0.39, 0.29) is 24.0 Å². The van der Waals surface area contributed by atoms with Crippen LogP contribution >= 0.6 is 24.0 Å². The topological polar surface area (TPSA) is 56.7 Å². The van der Waals surface area contributed by atoms with Gasteiger partial charge in [-0.25, -0.2) is 0 Å². The number of nitrogens with zero attached hydrogens (tertiary/aromatic N) is 1. The molecule has 124 valence electrons. The molecule has 4 nitrogen and oxygen atoms in total. The molecule has 0 amide bonds. The van der Waals surface area contributed by atoms with Crippen LogP contribution < -0.4 is 10.6 Å². The standard InChI is InChI=1S/C17H27N3O.HI/c1-3-18-16(20-13-17(21)10-7-11-17)19-12-14(2)15-8-5-4-6-9-15;/h4-6,8-9,14,21H,3,7,10-13H2,1-2H3,(H2,18,19,20);1H. The van der Waals surface area contributed by atoms with Crippen molar-refractivity contribution in [2.45, 2.75) is 44.6 Å². The van der Waals surface area contributed by atoms with E-state index in [9.17, 15) is 5.11 Å². The predicted octanol–water partition coefficient (Wildman–Crippen LogP) is 2.88. The van der Waals surface area contributed by atoms with Gasteiger partial charge in [-0.2, -0.15) is 0 Å². The molecule has 0 heterocycles. The number of aliphatic hydroxyl groups is 1. The Labute approximate surface area is 150 Å². The number of guanidine groups is 1. The van der Waals surface area contributed by atoms with Crippen molar-refractivity contribution in [2.75, 3.05) is 19.6 Å². The van der Waals surface area contributed by atoms with Gasteiger partial charge < -0.3 is 15.7 Å². The number of rotatable bonds is 6. The average Bonchev–Trinajstić information content (AvgIpc) is 2.48. The Morgan fingerprint density at radius 2 is 1.95 bits per heavy atom. The Balaban J connectivity index is 0.00000242. The first kappa shape index (κ1) is 19.2. The molecule has 1 saturated carbocycles. The normalized spacial score (nSPS) is 17.9. The summed E-state index contributed by atoms with van der Waals surface area (Å²) in [7, 11) is 0. The summed E-state index contributed by atoms with van der Waals surface area (Å²) in [6.07, 6.45) is 2.85. The lowest BCUT2D eigenvalue weighted by atomic mass is 9.80. The van der Waals surface area contributed by atoms with Gasteiger partial charge in [-0.05, 0) is 37.7 Å². The van der Waals surface area contributed by atoms with Crippen molar-refractivity contribution in [3.63, 3.8) is 0 Å². The molecular formula is C17H28IN3O. The SMILES string of the molecule is CCNC(=NCC1(O)CCC1)NCC(C)c1ccccc1.I. The second-order valence-electron chi connectivity index (χ2n) is 5.97. The number of aliphatic imine (C=N–C) groups is 1. The molecule has 22 heavy (non-hydrogen) atoms. The summed E-state index contributed by atoms with van der Waals surface area (Å²) < 4.78 is 0. The monoisotopic (exact) mass is 417 g/mol. The van der Waals surface area contributed by atoms with Crippen LogP contribution in [-0.2, 0) is 0 Å². The van der Waals surface area contributed by atoms with Crippen molar-refractivity contribution in [3.8, 4) is 0 Å². The summed E-state index contributed by atoms with van der Waals surface area (Å²) in [6.45, 7) is 6.39. The molecule has 2 rings (SSSR count). The maximum atomic E-state index is 10.1. The summed E-state index contributed by atoms with van der Waals surface area (Å²) in [6, 6.07) is 10.5. The quantitative estimate of drug-likeness (QED) is 0.379. The molecule has 1 aromatic carbocycles. The lowest BCUT2D eigenvalue weighted by molar-refractivity contribution is -0.0236. The molecule has 1 aromatic rings. The van der Waals surface area contributed by atoms with E-state index in [0.29, 0.717) is 12.5 Å². The molecule has 3 N–H and O–H groups in total. The van der Waals surface area contributed by atoms with Crippen molar-refractivity contribution in [1.82, 2.24) is 10.6 Å². The molecule has 0 saturated heterocycles. The third-order valence-corrected chi connectivity index (χ3v) is 4.10. The first-order valence-electron chi connectivity index (χ1n) is 7.92. The van der Waals surface area contributed by atoms with Gasteiger partial charge in [0.25, 0.3) is 0 Å². The third kappa shape index (κ3) is 5.76. The summed E-state index contributed by atoms with van der Waals surface area (Å²) in [4.78, 5) is 4.52. The van der Waals surface area contributed by atoms with Crippen molar-refractivity contribution >= 4 is 29.9 Å².